The molecule has 5 heteroatoms. The van der Waals surface area contributed by atoms with Crippen LogP contribution in [0.15, 0.2) is 23.8 Å². The number of carbonyl (C=O) groups excluding carboxylic acids is 1. The second-order valence-corrected chi connectivity index (χ2v) is 11.9. The number of hydrogen-bond acceptors (Lipinski definition) is 4. The van der Waals surface area contributed by atoms with Crippen molar-refractivity contribution in [1.29, 1.82) is 0 Å². The van der Waals surface area contributed by atoms with Crippen LogP contribution < -0.4 is 0 Å². The fraction of sp³-hybridized carbons (Fsp3) is 0.792. The van der Waals surface area contributed by atoms with Gasteiger partial charge in [0.1, 0.15) is 6.10 Å². The zero-order valence-electron chi connectivity index (χ0n) is 18.1. The molecule has 4 aliphatic carbocycles. The zero-order chi connectivity index (χ0) is 20.6. The minimum absolute atomic E-state index is 0.0130. The number of rotatable bonds is 3. The van der Waals surface area contributed by atoms with Gasteiger partial charge in [-0.25, -0.2) is 0 Å². The molecule has 0 spiro atoms. The van der Waals surface area contributed by atoms with E-state index in [0.717, 1.165) is 44.9 Å². The van der Waals surface area contributed by atoms with Crippen LogP contribution in [0, 0.1) is 28.6 Å². The summed E-state index contributed by atoms with van der Waals surface area (Å²) in [6.07, 6.45) is 14.4. The van der Waals surface area contributed by atoms with E-state index < -0.39 is 15.7 Å². The third kappa shape index (κ3) is 2.50. The van der Waals surface area contributed by atoms with E-state index in [1.54, 1.807) is 6.08 Å². The molecule has 9 atom stereocenters. The lowest BCUT2D eigenvalue weighted by Crippen LogP contribution is -2.57. The summed E-state index contributed by atoms with van der Waals surface area (Å²) in [6, 6.07) is 0. The Bertz CT molecular complexity index is 818. The molecule has 4 fully saturated rings. The van der Waals surface area contributed by atoms with Crippen molar-refractivity contribution in [1.82, 2.24) is 0 Å². The van der Waals surface area contributed by atoms with Gasteiger partial charge in [-0.3, -0.25) is 9.00 Å². The Balaban J connectivity index is 1.51. The third-order valence-corrected chi connectivity index (χ3v) is 10.9. The molecule has 0 aromatic heterocycles. The maximum atomic E-state index is 13.2. The highest BCUT2D eigenvalue weighted by Gasteiger charge is 2.73. The SMILES string of the molecule is CCCC1O[C@@H]2C[C@H]3[C@@H]4CCC5=CC(=O)C=C[C@]5(C)[C@H]4CC[C@]3(C)[C@]2(S(C)=O)O1. The van der Waals surface area contributed by atoms with E-state index in [1.165, 1.54) is 5.57 Å². The summed E-state index contributed by atoms with van der Waals surface area (Å²) < 4.78 is 26.2. The normalized spacial score (nSPS) is 51.7. The molecule has 0 aromatic rings. The van der Waals surface area contributed by atoms with E-state index >= 15 is 0 Å². The van der Waals surface area contributed by atoms with Crippen molar-refractivity contribution >= 4 is 16.6 Å². The number of ketones is 1. The van der Waals surface area contributed by atoms with Crippen molar-refractivity contribution in [2.75, 3.05) is 6.26 Å². The van der Waals surface area contributed by atoms with Gasteiger partial charge < -0.3 is 9.47 Å². The molecule has 5 aliphatic rings. The van der Waals surface area contributed by atoms with E-state index in [1.807, 2.05) is 12.3 Å². The predicted molar refractivity (Wildman–Crippen MR) is 113 cm³/mol. The first-order chi connectivity index (χ1) is 13.8. The molecule has 0 amide bonds. The lowest BCUT2D eigenvalue weighted by Gasteiger charge is -2.58. The fourth-order valence-electron chi connectivity index (χ4n) is 7.84. The summed E-state index contributed by atoms with van der Waals surface area (Å²) in [5, 5.41) is 0. The summed E-state index contributed by atoms with van der Waals surface area (Å²) >= 11 is 0. The molecule has 4 nitrogen and oxygen atoms in total. The van der Waals surface area contributed by atoms with Crippen LogP contribution in [0.25, 0.3) is 0 Å². The standard InChI is InChI=1S/C24H34O4S/c1-5-6-21-27-20-14-19-17-8-7-15-13-16(25)9-11-22(15,2)18(17)10-12-23(19,3)24(20,28-21)29(4)26/h9,11,13,17-21H,5-8,10,12,14H2,1-4H3/t17-,18+,19+,20-,21?,22+,23+,24+,29?/m1/s1. The second kappa shape index (κ2) is 6.61. The first-order valence-electron chi connectivity index (χ1n) is 11.4. The maximum Gasteiger partial charge on any atom is 0.178 e. The van der Waals surface area contributed by atoms with E-state index in [9.17, 15) is 9.00 Å². The summed E-state index contributed by atoms with van der Waals surface area (Å²) in [4.78, 5) is 11.3. The van der Waals surface area contributed by atoms with Gasteiger partial charge >= 0.3 is 0 Å². The smallest absolute Gasteiger partial charge is 0.178 e. The minimum atomic E-state index is -1.10. The van der Waals surface area contributed by atoms with Crippen LogP contribution in [0.3, 0.4) is 0 Å². The molecular weight excluding hydrogens is 384 g/mol. The summed E-state index contributed by atoms with van der Waals surface area (Å²) in [6.45, 7) is 6.80. The molecule has 160 valence electrons. The third-order valence-electron chi connectivity index (χ3n) is 9.21. The van der Waals surface area contributed by atoms with Crippen LogP contribution >= 0.6 is 0 Å². The molecule has 0 aromatic carbocycles. The minimum Gasteiger partial charge on any atom is -0.345 e. The van der Waals surface area contributed by atoms with Crippen molar-refractivity contribution in [3.63, 3.8) is 0 Å². The van der Waals surface area contributed by atoms with Gasteiger partial charge in [0.15, 0.2) is 17.0 Å². The van der Waals surface area contributed by atoms with E-state index in [4.69, 9.17) is 9.47 Å². The zero-order valence-corrected chi connectivity index (χ0v) is 18.9. The second-order valence-electron chi connectivity index (χ2n) is 10.4. The van der Waals surface area contributed by atoms with Crippen LogP contribution in [0.5, 0.6) is 0 Å². The van der Waals surface area contributed by atoms with Gasteiger partial charge in [0.25, 0.3) is 0 Å². The highest BCUT2D eigenvalue weighted by molar-refractivity contribution is 7.85. The Kier molecular flexibility index (Phi) is 4.59. The van der Waals surface area contributed by atoms with E-state index in [0.29, 0.717) is 17.8 Å². The molecule has 0 radical (unpaired) electrons. The Morgan fingerprint density at radius 1 is 1.24 bits per heavy atom. The van der Waals surface area contributed by atoms with Crippen molar-refractivity contribution in [2.24, 2.45) is 28.6 Å². The van der Waals surface area contributed by atoms with Gasteiger partial charge in [0.05, 0.1) is 10.8 Å². The maximum absolute atomic E-state index is 13.2. The van der Waals surface area contributed by atoms with Gasteiger partial charge in [0.2, 0.25) is 0 Å². The summed E-state index contributed by atoms with van der Waals surface area (Å²) in [7, 11) is -1.10. The summed E-state index contributed by atoms with van der Waals surface area (Å²) in [5.74, 6) is 1.70. The van der Waals surface area contributed by atoms with Crippen LogP contribution in [-0.2, 0) is 25.1 Å². The van der Waals surface area contributed by atoms with Crippen molar-refractivity contribution in [3.05, 3.63) is 23.8 Å². The molecule has 2 unspecified atom stereocenters. The first-order valence-corrected chi connectivity index (χ1v) is 12.9. The molecule has 5 rings (SSSR count). The predicted octanol–water partition coefficient (Wildman–Crippen LogP) is 4.52. The Morgan fingerprint density at radius 3 is 2.76 bits per heavy atom. The molecule has 1 aliphatic heterocycles. The lowest BCUT2D eigenvalue weighted by atomic mass is 9.48. The number of allylic oxidation sites excluding steroid dienone is 4. The lowest BCUT2D eigenvalue weighted by molar-refractivity contribution is -0.143. The van der Waals surface area contributed by atoms with Gasteiger partial charge in [-0.1, -0.05) is 38.8 Å². The quantitative estimate of drug-likeness (QED) is 0.676. The average Bonchev–Trinajstić information content (AvgIpc) is 3.15. The Hall–Kier alpha value is -0.780. The van der Waals surface area contributed by atoms with Gasteiger partial charge in [-0.2, -0.15) is 0 Å². The molecule has 3 saturated carbocycles. The van der Waals surface area contributed by atoms with Gasteiger partial charge in [0, 0.05) is 17.1 Å². The average molecular weight is 419 g/mol. The molecule has 0 N–H and O–H groups in total. The van der Waals surface area contributed by atoms with Gasteiger partial charge in [-0.05, 0) is 68.4 Å². The van der Waals surface area contributed by atoms with Crippen molar-refractivity contribution in [3.8, 4) is 0 Å². The molecule has 29 heavy (non-hydrogen) atoms. The topological polar surface area (TPSA) is 52.6 Å². The largest absolute Gasteiger partial charge is 0.345 e. The highest BCUT2D eigenvalue weighted by Crippen LogP contribution is 2.70. The first kappa shape index (κ1) is 20.1. The van der Waals surface area contributed by atoms with Crippen LogP contribution in [-0.4, -0.2) is 33.6 Å². The number of hydrogen-bond donors (Lipinski definition) is 0. The summed E-state index contributed by atoms with van der Waals surface area (Å²) in [5.41, 5.74) is 1.19. The Labute approximate surface area is 176 Å². The molecule has 1 heterocycles. The van der Waals surface area contributed by atoms with Crippen LogP contribution in [0.2, 0.25) is 0 Å². The highest BCUT2D eigenvalue weighted by atomic mass is 32.2. The van der Waals surface area contributed by atoms with Crippen molar-refractivity contribution in [2.45, 2.75) is 83.0 Å². The number of carbonyl (C=O) groups is 1. The number of fused-ring (bicyclic) bond motifs is 7. The monoisotopic (exact) mass is 418 g/mol. The number of ether oxygens (including phenoxy) is 2. The van der Waals surface area contributed by atoms with Gasteiger partial charge in [-0.15, -0.1) is 0 Å². The molecule has 1 saturated heterocycles. The Morgan fingerprint density at radius 2 is 2.03 bits per heavy atom. The van der Waals surface area contributed by atoms with Crippen LogP contribution in [0.1, 0.15) is 65.7 Å². The van der Waals surface area contributed by atoms with E-state index in [2.05, 4.69) is 26.8 Å². The fourth-order valence-corrected chi connectivity index (χ4v) is 9.52. The van der Waals surface area contributed by atoms with E-state index in [-0.39, 0.29) is 29.0 Å². The molecule has 0 bridgehead atoms. The molecular formula is C24H34O4S. The van der Waals surface area contributed by atoms with Crippen molar-refractivity contribution < 1.29 is 18.5 Å². The van der Waals surface area contributed by atoms with Crippen LogP contribution in [0.4, 0.5) is 0 Å².